The van der Waals surface area contributed by atoms with E-state index in [4.69, 9.17) is 9.47 Å². The molecular formula is C12H17BrN2O2. The molecule has 1 aliphatic rings. The topological polar surface area (TPSA) is 34.6 Å². The number of piperidine rings is 1. The minimum absolute atomic E-state index is 0.392. The van der Waals surface area contributed by atoms with Crippen LogP contribution in [0.3, 0.4) is 0 Å². The molecular weight excluding hydrogens is 284 g/mol. The van der Waals surface area contributed by atoms with Crippen LogP contribution < -0.4 is 9.64 Å². The van der Waals surface area contributed by atoms with Gasteiger partial charge in [-0.2, -0.15) is 4.98 Å². The van der Waals surface area contributed by atoms with Gasteiger partial charge in [0.2, 0.25) is 5.88 Å². The molecule has 0 unspecified atom stereocenters. The quantitative estimate of drug-likeness (QED) is 0.859. The molecule has 0 radical (unpaired) electrons. The van der Waals surface area contributed by atoms with Crippen LogP contribution in [0, 0.1) is 0 Å². The summed E-state index contributed by atoms with van der Waals surface area (Å²) in [6, 6.07) is 3.99. The fourth-order valence-corrected chi connectivity index (χ4v) is 2.44. The average molecular weight is 301 g/mol. The molecule has 1 aliphatic heterocycles. The minimum atomic E-state index is 0.392. The first-order valence-electron chi connectivity index (χ1n) is 5.73. The first kappa shape index (κ1) is 12.6. The maximum atomic E-state index is 5.36. The van der Waals surface area contributed by atoms with Crippen molar-refractivity contribution in [1.82, 2.24) is 4.98 Å². The Morgan fingerprint density at radius 2 is 2.00 bits per heavy atom. The van der Waals surface area contributed by atoms with Crippen molar-refractivity contribution in [2.45, 2.75) is 18.9 Å². The van der Waals surface area contributed by atoms with Crippen molar-refractivity contribution in [3.63, 3.8) is 0 Å². The minimum Gasteiger partial charge on any atom is -0.480 e. The van der Waals surface area contributed by atoms with Gasteiger partial charge in [-0.25, -0.2) is 0 Å². The Morgan fingerprint density at radius 3 is 2.59 bits per heavy atom. The summed E-state index contributed by atoms with van der Waals surface area (Å²) < 4.78 is 11.5. The molecule has 4 nitrogen and oxygen atoms in total. The third kappa shape index (κ3) is 2.90. The Balaban J connectivity index is 2.08. The highest BCUT2D eigenvalue weighted by Crippen LogP contribution is 2.27. The number of halogens is 1. The van der Waals surface area contributed by atoms with E-state index >= 15 is 0 Å². The first-order chi connectivity index (χ1) is 8.24. The van der Waals surface area contributed by atoms with E-state index in [2.05, 4.69) is 25.8 Å². The fourth-order valence-electron chi connectivity index (χ4n) is 2.05. The standard InChI is InChI=1S/C12H17BrN2O2/c1-16-9-5-7-15(8-6-9)11-4-3-10(13)12(14-11)17-2/h3-4,9H,5-8H2,1-2H3. The lowest BCUT2D eigenvalue weighted by Crippen LogP contribution is -2.37. The molecule has 94 valence electrons. The molecule has 2 rings (SSSR count). The second kappa shape index (κ2) is 5.69. The van der Waals surface area contributed by atoms with Crippen LogP contribution in [0.25, 0.3) is 0 Å². The van der Waals surface area contributed by atoms with Crippen molar-refractivity contribution in [2.24, 2.45) is 0 Å². The van der Waals surface area contributed by atoms with Crippen LogP contribution >= 0.6 is 15.9 Å². The Hall–Kier alpha value is -0.810. The highest BCUT2D eigenvalue weighted by atomic mass is 79.9. The molecule has 5 heteroatoms. The molecule has 1 aromatic rings. The number of anilines is 1. The van der Waals surface area contributed by atoms with Crippen LogP contribution in [0.4, 0.5) is 5.82 Å². The SMILES string of the molecule is COc1nc(N2CCC(OC)CC2)ccc1Br. The largest absolute Gasteiger partial charge is 0.480 e. The van der Waals surface area contributed by atoms with Crippen molar-refractivity contribution in [3.8, 4) is 5.88 Å². The van der Waals surface area contributed by atoms with Gasteiger partial charge in [0, 0.05) is 20.2 Å². The van der Waals surface area contributed by atoms with E-state index in [9.17, 15) is 0 Å². The molecule has 0 amide bonds. The fraction of sp³-hybridized carbons (Fsp3) is 0.583. The Labute approximate surface area is 110 Å². The van der Waals surface area contributed by atoms with Crippen LogP contribution in [-0.2, 0) is 4.74 Å². The summed E-state index contributed by atoms with van der Waals surface area (Å²) in [5, 5.41) is 0. The highest BCUT2D eigenvalue weighted by molar-refractivity contribution is 9.10. The monoisotopic (exact) mass is 300 g/mol. The van der Waals surface area contributed by atoms with E-state index in [1.807, 2.05) is 12.1 Å². The molecule has 2 heterocycles. The zero-order valence-electron chi connectivity index (χ0n) is 10.1. The lowest BCUT2D eigenvalue weighted by molar-refractivity contribution is 0.0818. The third-order valence-electron chi connectivity index (χ3n) is 3.09. The smallest absolute Gasteiger partial charge is 0.229 e. The normalized spacial score (nSPS) is 17.2. The summed E-state index contributed by atoms with van der Waals surface area (Å²) in [7, 11) is 3.41. The van der Waals surface area contributed by atoms with Crippen molar-refractivity contribution in [3.05, 3.63) is 16.6 Å². The van der Waals surface area contributed by atoms with Gasteiger partial charge < -0.3 is 14.4 Å². The number of aromatic nitrogens is 1. The Bertz CT molecular complexity index is 379. The van der Waals surface area contributed by atoms with E-state index < -0.39 is 0 Å². The summed E-state index contributed by atoms with van der Waals surface area (Å²) in [5.41, 5.74) is 0. The summed E-state index contributed by atoms with van der Waals surface area (Å²) in [5.74, 6) is 1.61. The first-order valence-corrected chi connectivity index (χ1v) is 6.52. The molecule has 0 N–H and O–H groups in total. The van der Waals surface area contributed by atoms with Gasteiger partial charge in [-0.3, -0.25) is 0 Å². The van der Waals surface area contributed by atoms with Crippen LogP contribution in [-0.4, -0.2) is 38.4 Å². The number of methoxy groups -OCH3 is 2. The van der Waals surface area contributed by atoms with Gasteiger partial charge in [-0.15, -0.1) is 0 Å². The highest BCUT2D eigenvalue weighted by Gasteiger charge is 2.20. The molecule has 1 saturated heterocycles. The lowest BCUT2D eigenvalue weighted by atomic mass is 10.1. The second-order valence-corrected chi connectivity index (χ2v) is 4.94. The van der Waals surface area contributed by atoms with E-state index in [0.29, 0.717) is 12.0 Å². The van der Waals surface area contributed by atoms with Crippen LogP contribution in [0.15, 0.2) is 16.6 Å². The van der Waals surface area contributed by atoms with Crippen LogP contribution in [0.5, 0.6) is 5.88 Å². The maximum absolute atomic E-state index is 5.36. The molecule has 1 fully saturated rings. The summed E-state index contributed by atoms with van der Waals surface area (Å²) >= 11 is 3.41. The average Bonchev–Trinajstić information content (AvgIpc) is 2.39. The van der Waals surface area contributed by atoms with Crippen LogP contribution in [0.2, 0.25) is 0 Å². The Morgan fingerprint density at radius 1 is 1.29 bits per heavy atom. The predicted molar refractivity (Wildman–Crippen MR) is 70.7 cm³/mol. The lowest BCUT2D eigenvalue weighted by Gasteiger charge is -2.32. The maximum Gasteiger partial charge on any atom is 0.229 e. The molecule has 17 heavy (non-hydrogen) atoms. The number of ether oxygens (including phenoxy) is 2. The molecule has 0 aliphatic carbocycles. The van der Waals surface area contributed by atoms with Gasteiger partial charge in [0.15, 0.2) is 0 Å². The van der Waals surface area contributed by atoms with Crippen molar-refractivity contribution >= 4 is 21.7 Å². The molecule has 0 saturated carbocycles. The molecule has 0 atom stereocenters. The van der Waals surface area contributed by atoms with E-state index in [1.54, 1.807) is 14.2 Å². The van der Waals surface area contributed by atoms with Gasteiger partial charge in [-0.1, -0.05) is 0 Å². The molecule has 0 spiro atoms. The number of nitrogens with zero attached hydrogens (tertiary/aromatic N) is 2. The van der Waals surface area contributed by atoms with E-state index in [0.717, 1.165) is 36.2 Å². The van der Waals surface area contributed by atoms with Gasteiger partial charge in [0.25, 0.3) is 0 Å². The number of rotatable bonds is 3. The number of hydrogen-bond acceptors (Lipinski definition) is 4. The molecule has 0 aromatic carbocycles. The zero-order chi connectivity index (χ0) is 12.3. The second-order valence-electron chi connectivity index (χ2n) is 4.08. The molecule has 1 aromatic heterocycles. The third-order valence-corrected chi connectivity index (χ3v) is 3.70. The van der Waals surface area contributed by atoms with Crippen LogP contribution in [0.1, 0.15) is 12.8 Å². The van der Waals surface area contributed by atoms with Gasteiger partial charge in [-0.05, 0) is 40.9 Å². The van der Waals surface area contributed by atoms with E-state index in [1.165, 1.54) is 0 Å². The van der Waals surface area contributed by atoms with E-state index in [-0.39, 0.29) is 0 Å². The summed E-state index contributed by atoms with van der Waals surface area (Å²) in [6.07, 6.45) is 2.50. The van der Waals surface area contributed by atoms with Crippen molar-refractivity contribution < 1.29 is 9.47 Å². The number of pyridine rings is 1. The van der Waals surface area contributed by atoms with Crippen molar-refractivity contribution in [2.75, 3.05) is 32.2 Å². The zero-order valence-corrected chi connectivity index (χ0v) is 11.7. The van der Waals surface area contributed by atoms with Gasteiger partial charge >= 0.3 is 0 Å². The van der Waals surface area contributed by atoms with Crippen molar-refractivity contribution in [1.29, 1.82) is 0 Å². The summed E-state index contributed by atoms with van der Waals surface area (Å²) in [6.45, 7) is 1.96. The summed E-state index contributed by atoms with van der Waals surface area (Å²) in [4.78, 5) is 6.75. The number of hydrogen-bond donors (Lipinski definition) is 0. The van der Waals surface area contributed by atoms with Gasteiger partial charge in [0.05, 0.1) is 17.7 Å². The predicted octanol–water partition coefficient (Wildman–Crippen LogP) is 2.47. The molecule has 0 bridgehead atoms. The van der Waals surface area contributed by atoms with Gasteiger partial charge in [0.1, 0.15) is 5.82 Å². The Kier molecular flexibility index (Phi) is 4.23.